The predicted molar refractivity (Wildman–Crippen MR) is 201 cm³/mol. The molecule has 0 aliphatic carbocycles. The molecule has 0 saturated heterocycles. The van der Waals surface area contributed by atoms with Gasteiger partial charge in [0.15, 0.2) is 0 Å². The van der Waals surface area contributed by atoms with E-state index in [1.54, 1.807) is 0 Å². The molecular formula is C42H52BClS. The number of hydrogen-bond donors (Lipinski definition) is 0. The van der Waals surface area contributed by atoms with Crippen LogP contribution in [0.25, 0.3) is 0 Å². The van der Waals surface area contributed by atoms with E-state index in [-0.39, 0.29) is 21.7 Å². The molecule has 236 valence electrons. The lowest BCUT2D eigenvalue weighted by Gasteiger charge is -2.30. The normalized spacial score (nSPS) is 12.9. The van der Waals surface area contributed by atoms with E-state index in [1.807, 2.05) is 11.8 Å². The fourth-order valence-electron chi connectivity index (χ4n) is 5.89. The van der Waals surface area contributed by atoms with Gasteiger partial charge >= 0.3 is 0 Å². The van der Waals surface area contributed by atoms with E-state index < -0.39 is 0 Å². The Morgan fingerprint density at radius 1 is 0.467 bits per heavy atom. The fourth-order valence-corrected chi connectivity index (χ4v) is 7.38. The third-order valence-electron chi connectivity index (χ3n) is 8.50. The van der Waals surface area contributed by atoms with Crippen LogP contribution < -0.4 is 5.46 Å². The maximum Gasteiger partial charge on any atom is 0.114 e. The molecule has 0 unspecified atom stereocenters. The highest BCUT2D eigenvalue weighted by Gasteiger charge is 2.26. The highest BCUT2D eigenvalue weighted by atomic mass is 35.5. The first-order valence-electron chi connectivity index (χ1n) is 16.3. The fraction of sp³-hybridized carbons (Fsp3) is 0.429. The predicted octanol–water partition coefficient (Wildman–Crippen LogP) is 11.7. The maximum atomic E-state index is 6.94. The van der Waals surface area contributed by atoms with Gasteiger partial charge in [0.25, 0.3) is 0 Å². The molecule has 0 amide bonds. The van der Waals surface area contributed by atoms with Crippen molar-refractivity contribution >= 4 is 36.7 Å². The van der Waals surface area contributed by atoms with E-state index in [2.05, 4.69) is 156 Å². The van der Waals surface area contributed by atoms with E-state index in [0.29, 0.717) is 0 Å². The first-order valence-corrected chi connectivity index (χ1v) is 17.4. The summed E-state index contributed by atoms with van der Waals surface area (Å²) in [6.45, 7) is 26.9. The van der Waals surface area contributed by atoms with Gasteiger partial charge in [-0.3, -0.25) is 0 Å². The molecule has 4 aromatic rings. The van der Waals surface area contributed by atoms with Crippen LogP contribution in [0.2, 0.25) is 5.02 Å². The van der Waals surface area contributed by atoms with Crippen molar-refractivity contribution < 1.29 is 0 Å². The average molecular weight is 635 g/mol. The molecule has 0 nitrogen and oxygen atoms in total. The third kappa shape index (κ3) is 8.90. The second-order valence-corrected chi connectivity index (χ2v) is 18.4. The molecule has 0 heterocycles. The first kappa shape index (κ1) is 35.4. The summed E-state index contributed by atoms with van der Waals surface area (Å²) in [5.41, 5.74) is 11.1. The standard InChI is InChI=1S/C42H52BClS/c1-39(2,3)33-23-29(24-34(37(33)43)40(4,5)6)21-27-13-17-31(18-14-27)45-32-19-15-28(16-20-32)22-30-25-35(41(7,8)9)38(44)36(26-30)42(10,11)12/h13-20,23-26H,21-22H2,1-12H3. The van der Waals surface area contributed by atoms with E-state index in [4.69, 9.17) is 19.4 Å². The summed E-state index contributed by atoms with van der Waals surface area (Å²) in [5, 5.41) is 0.911. The van der Waals surface area contributed by atoms with Gasteiger partial charge in [-0.25, -0.2) is 0 Å². The van der Waals surface area contributed by atoms with Crippen molar-refractivity contribution in [2.45, 2.75) is 127 Å². The highest BCUT2D eigenvalue weighted by molar-refractivity contribution is 7.99. The molecular weight excluding hydrogens is 583 g/mol. The molecule has 0 aliphatic heterocycles. The molecule has 2 radical (unpaired) electrons. The van der Waals surface area contributed by atoms with Crippen molar-refractivity contribution in [3.63, 3.8) is 0 Å². The van der Waals surface area contributed by atoms with Gasteiger partial charge in [0.2, 0.25) is 0 Å². The number of halogens is 1. The lowest BCUT2D eigenvalue weighted by molar-refractivity contribution is 0.567. The van der Waals surface area contributed by atoms with Crippen molar-refractivity contribution in [2.75, 3.05) is 0 Å². The summed E-state index contributed by atoms with van der Waals surface area (Å²) in [6.07, 6.45) is 1.78. The molecule has 3 heteroatoms. The van der Waals surface area contributed by atoms with Gasteiger partial charge in [0.1, 0.15) is 7.85 Å². The van der Waals surface area contributed by atoms with Crippen LogP contribution in [0.1, 0.15) is 128 Å². The largest absolute Gasteiger partial charge is 0.114 e. The zero-order valence-electron chi connectivity index (χ0n) is 29.7. The molecule has 45 heavy (non-hydrogen) atoms. The van der Waals surface area contributed by atoms with Crippen LogP contribution in [-0.4, -0.2) is 7.85 Å². The Hall–Kier alpha value is -2.42. The lowest BCUT2D eigenvalue weighted by atomic mass is 9.69. The van der Waals surface area contributed by atoms with Gasteiger partial charge in [-0.2, -0.15) is 0 Å². The molecule has 4 rings (SSSR count). The van der Waals surface area contributed by atoms with Crippen molar-refractivity contribution in [2.24, 2.45) is 0 Å². The van der Waals surface area contributed by atoms with Crippen LogP contribution in [0.15, 0.2) is 82.6 Å². The Bertz CT molecular complexity index is 1440. The van der Waals surface area contributed by atoms with E-state index in [1.165, 1.54) is 54.3 Å². The Balaban J connectivity index is 1.49. The number of rotatable bonds is 6. The summed E-state index contributed by atoms with van der Waals surface area (Å²) in [5.74, 6) is 0. The second-order valence-electron chi connectivity index (χ2n) is 16.9. The van der Waals surface area contributed by atoms with Crippen molar-refractivity contribution in [1.82, 2.24) is 0 Å². The minimum atomic E-state index is -0.0109. The van der Waals surface area contributed by atoms with Crippen LogP contribution in [0.5, 0.6) is 0 Å². The van der Waals surface area contributed by atoms with E-state index >= 15 is 0 Å². The van der Waals surface area contributed by atoms with E-state index in [0.717, 1.165) is 23.3 Å². The Labute approximate surface area is 285 Å². The van der Waals surface area contributed by atoms with Gasteiger partial charge in [0.05, 0.1) is 0 Å². The number of benzene rings is 4. The summed E-state index contributed by atoms with van der Waals surface area (Å²) < 4.78 is 0. The molecule has 0 aromatic heterocycles. The Morgan fingerprint density at radius 3 is 1.04 bits per heavy atom. The molecule has 0 spiro atoms. The zero-order valence-corrected chi connectivity index (χ0v) is 31.3. The van der Waals surface area contributed by atoms with Gasteiger partial charge in [0, 0.05) is 14.8 Å². The molecule has 0 saturated carbocycles. The van der Waals surface area contributed by atoms with Crippen LogP contribution in [-0.2, 0) is 34.5 Å². The maximum absolute atomic E-state index is 6.94. The van der Waals surface area contributed by atoms with Crippen molar-refractivity contribution in [3.05, 3.63) is 122 Å². The van der Waals surface area contributed by atoms with Crippen LogP contribution in [0.4, 0.5) is 0 Å². The van der Waals surface area contributed by atoms with Gasteiger partial charge in [-0.15, -0.1) is 0 Å². The van der Waals surface area contributed by atoms with Gasteiger partial charge in [-0.1, -0.05) is 160 Å². The van der Waals surface area contributed by atoms with Crippen LogP contribution >= 0.6 is 23.4 Å². The molecule has 0 aliphatic rings. The van der Waals surface area contributed by atoms with Gasteiger partial charge < -0.3 is 0 Å². The number of hydrogen-bond acceptors (Lipinski definition) is 1. The van der Waals surface area contributed by atoms with Gasteiger partial charge in [-0.05, 0) is 103 Å². The molecule has 0 fully saturated rings. The molecule has 0 bridgehead atoms. The highest BCUT2D eigenvalue weighted by Crippen LogP contribution is 2.39. The zero-order chi connectivity index (χ0) is 33.5. The summed E-state index contributed by atoms with van der Waals surface area (Å²) in [7, 11) is 6.70. The molecule has 0 N–H and O–H groups in total. The minimum Gasteiger partial charge on any atom is -0.0901 e. The summed E-state index contributed by atoms with van der Waals surface area (Å²) in [4.78, 5) is 2.49. The Kier molecular flexibility index (Phi) is 10.2. The second kappa shape index (κ2) is 13.0. The minimum absolute atomic E-state index is 0.00428. The molecule has 0 atom stereocenters. The molecule has 4 aromatic carbocycles. The smallest absolute Gasteiger partial charge is 0.0901 e. The monoisotopic (exact) mass is 634 g/mol. The van der Waals surface area contributed by atoms with Crippen molar-refractivity contribution in [1.29, 1.82) is 0 Å². The van der Waals surface area contributed by atoms with Crippen molar-refractivity contribution in [3.8, 4) is 0 Å². The van der Waals surface area contributed by atoms with E-state index in [9.17, 15) is 0 Å². The SMILES string of the molecule is [B]c1c(C(C)(C)C)cc(Cc2ccc(Sc3ccc(Cc4cc(C(C)(C)C)c(Cl)c(C(C)(C)C)c4)cc3)cc2)cc1C(C)(C)C. The lowest BCUT2D eigenvalue weighted by Crippen LogP contribution is -2.31. The van der Waals surface area contributed by atoms with Crippen LogP contribution in [0, 0.1) is 0 Å². The summed E-state index contributed by atoms with van der Waals surface area (Å²) in [6, 6.07) is 27.3. The summed E-state index contributed by atoms with van der Waals surface area (Å²) >= 11 is 8.75. The third-order valence-corrected chi connectivity index (χ3v) is 9.93. The first-order chi connectivity index (χ1) is 20.6. The van der Waals surface area contributed by atoms with Crippen LogP contribution in [0.3, 0.4) is 0 Å². The topological polar surface area (TPSA) is 0 Å². The Morgan fingerprint density at radius 2 is 0.756 bits per heavy atom. The average Bonchev–Trinajstić information content (AvgIpc) is 2.90. The quantitative estimate of drug-likeness (QED) is 0.190.